The molecule has 0 nitrogen and oxygen atoms in total. The summed E-state index contributed by atoms with van der Waals surface area (Å²) in [5.74, 6) is 4.98. The first-order valence-corrected chi connectivity index (χ1v) is 22.3. The van der Waals surface area contributed by atoms with Gasteiger partial charge in [0.15, 0.2) is 0 Å². The minimum absolute atomic E-state index is 0. The van der Waals surface area contributed by atoms with Crippen LogP contribution in [0.15, 0.2) is 218 Å². The van der Waals surface area contributed by atoms with Crippen molar-refractivity contribution in [3.8, 4) is 11.8 Å². The maximum atomic E-state index is 7.46. The molecule has 0 unspecified atom stereocenters. The Kier molecular flexibility index (Phi) is 17.6. The summed E-state index contributed by atoms with van der Waals surface area (Å²) in [5.41, 5.74) is 1.74. The molecule has 288 valence electrons. The minimum atomic E-state index is -0.783. The van der Waals surface area contributed by atoms with Crippen molar-refractivity contribution in [1.82, 2.24) is 0 Å². The van der Waals surface area contributed by atoms with E-state index in [4.69, 9.17) is 12.8 Å². The number of fused-ring (bicyclic) bond motifs is 3. The number of hydrogen-bond acceptors (Lipinski definition) is 0. The molecule has 9 rings (SSSR count). The number of rotatable bonds is 7. The summed E-state index contributed by atoms with van der Waals surface area (Å²) in [4.78, 5) is 0. The predicted octanol–water partition coefficient (Wildman–Crippen LogP) is 11.4. The van der Waals surface area contributed by atoms with Gasteiger partial charge in [0.2, 0.25) is 0 Å². The molecule has 0 radical (unpaired) electrons. The van der Waals surface area contributed by atoms with Gasteiger partial charge in [-0.25, -0.2) is 0 Å². The van der Waals surface area contributed by atoms with Crippen molar-refractivity contribution < 1.29 is 44.8 Å². The second kappa shape index (κ2) is 23.0. The van der Waals surface area contributed by atoms with E-state index in [1.807, 2.05) is 78.9 Å². The van der Waals surface area contributed by atoms with E-state index >= 15 is 0 Å². The molecule has 0 atom stereocenters. The van der Waals surface area contributed by atoms with Crippen LogP contribution in [0.25, 0.3) is 32.3 Å². The Labute approximate surface area is 377 Å². The molecule has 0 N–H and O–H groups in total. The van der Waals surface area contributed by atoms with Crippen molar-refractivity contribution in [2.45, 2.75) is 0 Å². The molecule has 0 amide bonds. The first kappa shape index (κ1) is 44.3. The van der Waals surface area contributed by atoms with E-state index < -0.39 is 15.8 Å². The van der Waals surface area contributed by atoms with Gasteiger partial charge in [0.1, 0.15) is 12.3 Å². The van der Waals surface area contributed by atoms with Gasteiger partial charge in [-0.05, 0) is 70.8 Å². The Morgan fingerprint density at radius 1 is 0.328 bits per heavy atom. The average Bonchev–Trinajstić information content (AvgIpc) is 3.28. The van der Waals surface area contributed by atoms with Crippen LogP contribution in [0.3, 0.4) is 0 Å². The number of hydrogen-bond donors (Lipinski definition) is 0. The standard InChI is InChI=1S/C26H24P2.C16H9.C12H7.2Au/c1-5-13-23(14-6-1)27(24-15-7-2-8-16-24)21-22-28(25-17-9-3-10-18-25)26-19-11-4-12-20-26;1-2-14-15-9-5-3-7-12(15)11-13-8-4-6-10-16(13)14;1-2-10-7-5-8-11-6-3-4-9-12(10)11;;/h1-20H,21-22H2;3-11H;3-9H;;/q;2*-1;2*+1/p+2. The third-order valence-corrected chi connectivity index (χ3v) is 16.1. The third-order valence-electron chi connectivity index (χ3n) is 9.93. The monoisotopic (exact) mass is 1150 g/mol. The van der Waals surface area contributed by atoms with Crippen LogP contribution in [-0.4, -0.2) is 12.3 Å². The number of benzene rings is 9. The maximum absolute atomic E-state index is 7.46. The summed E-state index contributed by atoms with van der Waals surface area (Å²) in [7, 11) is -1.57. The van der Waals surface area contributed by atoms with E-state index in [-0.39, 0.29) is 44.8 Å². The minimum Gasteiger partial charge on any atom is -0.366 e. The van der Waals surface area contributed by atoms with Crippen molar-refractivity contribution >= 4 is 69.4 Å². The Hall–Kier alpha value is -4.78. The van der Waals surface area contributed by atoms with Gasteiger partial charge in [-0.15, -0.1) is 17.2 Å². The summed E-state index contributed by atoms with van der Waals surface area (Å²) in [6.45, 7) is 0. The average molecular weight is 1150 g/mol. The molecule has 0 spiro atoms. The first-order valence-electron chi connectivity index (χ1n) is 18.9. The van der Waals surface area contributed by atoms with Crippen molar-refractivity contribution in [2.75, 3.05) is 12.3 Å². The van der Waals surface area contributed by atoms with Crippen LogP contribution in [0.2, 0.25) is 0 Å². The van der Waals surface area contributed by atoms with Gasteiger partial charge >= 0.3 is 44.8 Å². The Morgan fingerprint density at radius 2 is 0.655 bits per heavy atom. The smallest absolute Gasteiger partial charge is 0.366 e. The van der Waals surface area contributed by atoms with Crippen LogP contribution in [0.5, 0.6) is 0 Å². The SMILES string of the molecule is [Au+].[Au+].[C-]#Cc1c2ccccc2cc2ccccc12.[C-]#Cc1cccc2ccccc12.c1ccc([PH+](CC[PH+](c2ccccc2)c2ccccc2)c2ccccc2)cc1. The summed E-state index contributed by atoms with van der Waals surface area (Å²) >= 11 is 0. The molecule has 4 heteroatoms. The molecule has 0 heterocycles. The van der Waals surface area contributed by atoms with Gasteiger partial charge in [-0.2, -0.15) is 0 Å². The fourth-order valence-electron chi connectivity index (χ4n) is 7.20. The molecular weight excluding hydrogens is 1100 g/mol. The largest absolute Gasteiger partial charge is 1.00 e. The molecule has 0 saturated heterocycles. The van der Waals surface area contributed by atoms with E-state index in [1.165, 1.54) is 33.5 Å². The molecule has 0 aliphatic carbocycles. The van der Waals surface area contributed by atoms with E-state index in [0.29, 0.717) is 0 Å². The van der Waals surface area contributed by atoms with Crippen molar-refractivity contribution in [3.63, 3.8) is 0 Å². The molecule has 0 saturated carbocycles. The van der Waals surface area contributed by atoms with E-state index in [9.17, 15) is 0 Å². The molecule has 0 aliphatic rings. The topological polar surface area (TPSA) is 0 Å². The van der Waals surface area contributed by atoms with Crippen LogP contribution < -0.4 is 21.2 Å². The van der Waals surface area contributed by atoms with Gasteiger partial charge in [-0.1, -0.05) is 174 Å². The van der Waals surface area contributed by atoms with E-state index in [0.717, 1.165) is 43.4 Å². The van der Waals surface area contributed by atoms with Crippen molar-refractivity contribution in [1.29, 1.82) is 0 Å². The molecule has 0 bridgehead atoms. The normalized spacial score (nSPS) is 10.2. The zero-order chi connectivity index (χ0) is 38.4. The van der Waals surface area contributed by atoms with Gasteiger partial charge in [0, 0.05) is 0 Å². The fourth-order valence-corrected chi connectivity index (χ4v) is 13.4. The fraction of sp³-hybridized carbons (Fsp3) is 0.0370. The van der Waals surface area contributed by atoms with Crippen molar-refractivity contribution in [3.05, 3.63) is 242 Å². The quantitative estimate of drug-likeness (QED) is 0.0491. The third kappa shape index (κ3) is 11.2. The van der Waals surface area contributed by atoms with Gasteiger partial charge in [0.25, 0.3) is 0 Å². The molecule has 58 heavy (non-hydrogen) atoms. The van der Waals surface area contributed by atoms with Crippen LogP contribution in [-0.2, 0) is 44.8 Å². The predicted molar refractivity (Wildman–Crippen MR) is 249 cm³/mol. The van der Waals surface area contributed by atoms with Crippen LogP contribution in [0.1, 0.15) is 11.1 Å². The zero-order valence-corrected chi connectivity index (χ0v) is 38.1. The summed E-state index contributed by atoms with van der Waals surface area (Å²) in [6.07, 6.45) is 17.1. The summed E-state index contributed by atoms with van der Waals surface area (Å²) in [6, 6.07) is 76.8. The second-order valence-electron chi connectivity index (χ2n) is 13.4. The van der Waals surface area contributed by atoms with Gasteiger partial charge in [-0.3, -0.25) is 11.8 Å². The molecule has 9 aromatic rings. The molecule has 0 fully saturated rings. The molecule has 9 aromatic carbocycles. The second-order valence-corrected chi connectivity index (χ2v) is 18.6. The Bertz CT molecular complexity index is 2500. The molecule has 0 aliphatic heterocycles. The van der Waals surface area contributed by atoms with Crippen molar-refractivity contribution in [2.24, 2.45) is 0 Å². The van der Waals surface area contributed by atoms with E-state index in [1.54, 1.807) is 0 Å². The molecular formula is C54H42Au2P2+2. The molecule has 0 aromatic heterocycles. The summed E-state index contributed by atoms with van der Waals surface area (Å²) in [5, 5.41) is 12.8. The maximum Gasteiger partial charge on any atom is 1.00 e. The van der Waals surface area contributed by atoms with E-state index in [2.05, 4.69) is 151 Å². The van der Waals surface area contributed by atoms with Gasteiger partial charge in [0.05, 0.1) is 37.1 Å². The van der Waals surface area contributed by atoms with Gasteiger partial charge < -0.3 is 12.8 Å². The van der Waals surface area contributed by atoms with Crippen LogP contribution in [0.4, 0.5) is 0 Å². The van der Waals surface area contributed by atoms with Crippen LogP contribution in [0, 0.1) is 24.7 Å². The van der Waals surface area contributed by atoms with Crippen LogP contribution >= 0.6 is 15.8 Å². The Morgan fingerprint density at radius 3 is 1.03 bits per heavy atom. The summed E-state index contributed by atoms with van der Waals surface area (Å²) < 4.78 is 0. The Balaban J connectivity index is 0.000000180. The zero-order valence-electron chi connectivity index (χ0n) is 31.8. The first-order chi connectivity index (χ1) is 27.7.